The van der Waals surface area contributed by atoms with Crippen molar-refractivity contribution < 1.29 is 9.53 Å². The minimum Gasteiger partial charge on any atom is -0.466 e. The first kappa shape index (κ1) is 48.5. The van der Waals surface area contributed by atoms with Gasteiger partial charge in [0, 0.05) is 6.42 Å². The predicted molar refractivity (Wildman–Crippen MR) is 221 cm³/mol. The van der Waals surface area contributed by atoms with Crippen LogP contribution in [0.25, 0.3) is 0 Å². The largest absolute Gasteiger partial charge is 0.466 e. The highest BCUT2D eigenvalue weighted by Gasteiger charge is 2.03. The Labute approximate surface area is 311 Å². The van der Waals surface area contributed by atoms with Crippen LogP contribution in [0.2, 0.25) is 0 Å². The van der Waals surface area contributed by atoms with E-state index in [0.29, 0.717) is 13.0 Å². The molecule has 0 radical (unpaired) electrons. The van der Waals surface area contributed by atoms with Gasteiger partial charge in [0.05, 0.1) is 6.61 Å². The predicted octanol–water partition coefficient (Wildman–Crippen LogP) is 17.2. The van der Waals surface area contributed by atoms with Crippen LogP contribution in [0.15, 0.2) is 0 Å². The van der Waals surface area contributed by atoms with E-state index >= 15 is 0 Å². The van der Waals surface area contributed by atoms with Gasteiger partial charge in [-0.15, -0.1) is 0 Å². The minimum absolute atomic E-state index is 0.0327. The van der Waals surface area contributed by atoms with Gasteiger partial charge < -0.3 is 4.74 Å². The van der Waals surface area contributed by atoms with Crippen molar-refractivity contribution in [3.05, 3.63) is 0 Å². The van der Waals surface area contributed by atoms with Crippen molar-refractivity contribution in [2.24, 2.45) is 5.92 Å². The second kappa shape index (κ2) is 43.6. The molecule has 1 unspecified atom stereocenters. The van der Waals surface area contributed by atoms with E-state index in [-0.39, 0.29) is 5.97 Å². The van der Waals surface area contributed by atoms with Crippen molar-refractivity contribution in [2.45, 2.75) is 284 Å². The van der Waals surface area contributed by atoms with Gasteiger partial charge in [-0.2, -0.15) is 0 Å². The Hall–Kier alpha value is -0.530. The van der Waals surface area contributed by atoms with E-state index in [1.165, 1.54) is 244 Å². The Morgan fingerprint density at radius 3 is 0.939 bits per heavy atom. The van der Waals surface area contributed by atoms with Crippen molar-refractivity contribution in [1.29, 1.82) is 0 Å². The third-order valence-electron chi connectivity index (χ3n) is 11.3. The summed E-state index contributed by atoms with van der Waals surface area (Å²) in [6.45, 7) is 7.65. The molecule has 0 spiro atoms. The SMILES string of the molecule is CCCCCCCCCCCCCCCCCCCCCOC(=O)CCCCCCCCCCCCCCCCCCCCCC(C)CC. The lowest BCUT2D eigenvalue weighted by Crippen LogP contribution is -2.05. The van der Waals surface area contributed by atoms with Gasteiger partial charge in [-0.25, -0.2) is 0 Å². The van der Waals surface area contributed by atoms with Crippen LogP contribution in [0.5, 0.6) is 0 Å². The monoisotopic (exact) mass is 691 g/mol. The third kappa shape index (κ3) is 43.6. The standard InChI is InChI=1S/C47H94O2/c1-4-6-7-8-9-10-11-12-13-14-18-21-24-27-30-33-36-39-42-45-49-47(48)44-41-38-35-32-29-26-23-20-17-15-16-19-22-25-28-31-34-37-40-43-46(3)5-2/h46H,4-45H2,1-3H3. The highest BCUT2D eigenvalue weighted by atomic mass is 16.5. The van der Waals surface area contributed by atoms with Gasteiger partial charge >= 0.3 is 5.97 Å². The van der Waals surface area contributed by atoms with Crippen molar-refractivity contribution in [3.8, 4) is 0 Å². The summed E-state index contributed by atoms with van der Waals surface area (Å²) in [4.78, 5) is 12.0. The maximum atomic E-state index is 12.0. The van der Waals surface area contributed by atoms with Gasteiger partial charge in [0.15, 0.2) is 0 Å². The van der Waals surface area contributed by atoms with Gasteiger partial charge in [-0.3, -0.25) is 4.79 Å². The maximum Gasteiger partial charge on any atom is 0.305 e. The fourth-order valence-electron chi connectivity index (χ4n) is 7.41. The maximum absolute atomic E-state index is 12.0. The van der Waals surface area contributed by atoms with Crippen molar-refractivity contribution in [2.75, 3.05) is 6.61 Å². The Kier molecular flexibility index (Phi) is 43.2. The molecule has 0 amide bonds. The van der Waals surface area contributed by atoms with Gasteiger partial charge in [-0.05, 0) is 18.8 Å². The number of carbonyl (C=O) groups is 1. The van der Waals surface area contributed by atoms with Crippen molar-refractivity contribution in [1.82, 2.24) is 0 Å². The lowest BCUT2D eigenvalue weighted by Gasteiger charge is -2.07. The van der Waals surface area contributed by atoms with Crippen LogP contribution in [0.4, 0.5) is 0 Å². The summed E-state index contributed by atoms with van der Waals surface area (Å²) >= 11 is 0. The lowest BCUT2D eigenvalue weighted by molar-refractivity contribution is -0.143. The smallest absolute Gasteiger partial charge is 0.305 e. The van der Waals surface area contributed by atoms with Crippen LogP contribution in [0, 0.1) is 5.92 Å². The first-order chi connectivity index (χ1) is 24.2. The molecular formula is C47H94O2. The lowest BCUT2D eigenvalue weighted by atomic mass is 9.99. The van der Waals surface area contributed by atoms with Crippen LogP contribution < -0.4 is 0 Å². The topological polar surface area (TPSA) is 26.3 Å². The fraction of sp³-hybridized carbons (Fsp3) is 0.979. The number of carbonyl (C=O) groups excluding carboxylic acids is 1. The number of rotatable bonds is 43. The zero-order valence-electron chi connectivity index (χ0n) is 34.6. The third-order valence-corrected chi connectivity index (χ3v) is 11.3. The first-order valence-electron chi connectivity index (χ1n) is 23.4. The highest BCUT2D eigenvalue weighted by Crippen LogP contribution is 2.18. The molecule has 0 bridgehead atoms. The zero-order chi connectivity index (χ0) is 35.6. The van der Waals surface area contributed by atoms with E-state index in [0.717, 1.165) is 18.8 Å². The molecule has 294 valence electrons. The quantitative estimate of drug-likeness (QED) is 0.0470. The zero-order valence-corrected chi connectivity index (χ0v) is 34.6. The molecule has 0 aromatic carbocycles. The summed E-state index contributed by atoms with van der Waals surface area (Å²) in [5, 5.41) is 0. The van der Waals surface area contributed by atoms with Gasteiger partial charge in [0.25, 0.3) is 0 Å². The van der Waals surface area contributed by atoms with Crippen molar-refractivity contribution >= 4 is 5.97 Å². The molecule has 0 fully saturated rings. The Bertz CT molecular complexity index is 601. The second-order valence-corrected chi connectivity index (χ2v) is 16.4. The Morgan fingerprint density at radius 1 is 0.367 bits per heavy atom. The van der Waals surface area contributed by atoms with Crippen LogP contribution in [0.3, 0.4) is 0 Å². The molecule has 2 heteroatoms. The summed E-state index contributed by atoms with van der Waals surface area (Å²) < 4.78 is 5.49. The number of hydrogen-bond acceptors (Lipinski definition) is 2. The molecule has 0 aromatic heterocycles. The molecule has 0 aliphatic carbocycles. The summed E-state index contributed by atoms with van der Waals surface area (Å²) in [5.41, 5.74) is 0. The minimum atomic E-state index is 0.0327. The average Bonchev–Trinajstić information content (AvgIpc) is 3.11. The van der Waals surface area contributed by atoms with E-state index < -0.39 is 0 Å². The highest BCUT2D eigenvalue weighted by molar-refractivity contribution is 5.69. The van der Waals surface area contributed by atoms with Crippen LogP contribution in [-0.4, -0.2) is 12.6 Å². The first-order valence-corrected chi connectivity index (χ1v) is 23.4. The molecule has 1 atom stereocenters. The second-order valence-electron chi connectivity index (χ2n) is 16.4. The molecule has 0 saturated heterocycles. The molecular weight excluding hydrogens is 597 g/mol. The van der Waals surface area contributed by atoms with E-state index in [2.05, 4.69) is 20.8 Å². The Morgan fingerprint density at radius 2 is 0.633 bits per heavy atom. The van der Waals surface area contributed by atoms with Crippen LogP contribution in [0.1, 0.15) is 284 Å². The van der Waals surface area contributed by atoms with Gasteiger partial charge in [0.1, 0.15) is 0 Å². The molecule has 2 nitrogen and oxygen atoms in total. The molecule has 0 aromatic rings. The molecule has 0 N–H and O–H groups in total. The molecule has 0 aliphatic rings. The van der Waals surface area contributed by atoms with E-state index in [4.69, 9.17) is 4.74 Å². The number of hydrogen-bond donors (Lipinski definition) is 0. The van der Waals surface area contributed by atoms with Crippen LogP contribution in [-0.2, 0) is 9.53 Å². The fourth-order valence-corrected chi connectivity index (χ4v) is 7.41. The molecule has 0 heterocycles. The number of ether oxygens (including phenoxy) is 1. The summed E-state index contributed by atoms with van der Waals surface area (Å²) in [7, 11) is 0. The summed E-state index contributed by atoms with van der Waals surface area (Å²) in [6, 6.07) is 0. The van der Waals surface area contributed by atoms with E-state index in [9.17, 15) is 4.79 Å². The van der Waals surface area contributed by atoms with Crippen molar-refractivity contribution in [3.63, 3.8) is 0 Å². The van der Waals surface area contributed by atoms with Gasteiger partial charge in [-0.1, -0.05) is 265 Å². The van der Waals surface area contributed by atoms with E-state index in [1.54, 1.807) is 0 Å². The molecule has 49 heavy (non-hydrogen) atoms. The molecule has 0 aliphatic heterocycles. The van der Waals surface area contributed by atoms with Crippen LogP contribution >= 0.6 is 0 Å². The molecule has 0 saturated carbocycles. The number of unbranched alkanes of at least 4 members (excludes halogenated alkanes) is 36. The average molecular weight is 691 g/mol. The molecule has 0 rings (SSSR count). The van der Waals surface area contributed by atoms with E-state index in [1.807, 2.05) is 0 Å². The normalized spacial score (nSPS) is 12.1. The Balaban J connectivity index is 3.15. The summed E-state index contributed by atoms with van der Waals surface area (Å²) in [5.74, 6) is 0.966. The van der Waals surface area contributed by atoms with Gasteiger partial charge in [0.2, 0.25) is 0 Å². The summed E-state index contributed by atoms with van der Waals surface area (Å²) in [6.07, 6.45) is 56.4. The number of esters is 1.